The zero-order valence-electron chi connectivity index (χ0n) is 15.7. The average Bonchev–Trinajstić information content (AvgIpc) is 3.09. The van der Waals surface area contributed by atoms with E-state index in [1.807, 2.05) is 12.1 Å². The minimum absolute atomic E-state index is 0.0193. The molecule has 0 spiro atoms. The van der Waals surface area contributed by atoms with Gasteiger partial charge >= 0.3 is 0 Å². The molecule has 5 nitrogen and oxygen atoms in total. The molecule has 0 aromatic heterocycles. The maximum absolute atomic E-state index is 12.3. The van der Waals surface area contributed by atoms with Gasteiger partial charge in [-0.2, -0.15) is 0 Å². The van der Waals surface area contributed by atoms with E-state index < -0.39 is 0 Å². The van der Waals surface area contributed by atoms with Gasteiger partial charge in [-0.3, -0.25) is 9.69 Å². The van der Waals surface area contributed by atoms with Gasteiger partial charge in [-0.15, -0.1) is 6.42 Å². The van der Waals surface area contributed by atoms with Gasteiger partial charge in [-0.25, -0.2) is 0 Å². The number of ether oxygens (including phenoxy) is 2. The number of terminal acetylenes is 1. The van der Waals surface area contributed by atoms with Crippen molar-refractivity contribution in [2.45, 2.75) is 45.7 Å². The molecule has 0 saturated heterocycles. The van der Waals surface area contributed by atoms with Crippen LogP contribution in [0.4, 0.5) is 0 Å². The molecule has 3 atom stereocenters. The Bertz CT molecular complexity index is 682. The van der Waals surface area contributed by atoms with Crippen molar-refractivity contribution in [3.8, 4) is 23.8 Å². The molecule has 1 aliphatic carbocycles. The van der Waals surface area contributed by atoms with Crippen LogP contribution < -0.4 is 14.8 Å². The Balaban J connectivity index is 1.75. The van der Waals surface area contributed by atoms with E-state index in [1.165, 1.54) is 12.8 Å². The number of benzene rings is 1. The fourth-order valence-corrected chi connectivity index (χ4v) is 4.02. The van der Waals surface area contributed by atoms with E-state index in [4.69, 9.17) is 15.9 Å². The highest BCUT2D eigenvalue weighted by Crippen LogP contribution is 2.35. The van der Waals surface area contributed by atoms with Crippen LogP contribution in [0.3, 0.4) is 0 Å². The number of fused-ring (bicyclic) bond motifs is 1. The molecule has 1 aromatic rings. The van der Waals surface area contributed by atoms with Crippen LogP contribution in [0.5, 0.6) is 11.5 Å². The SMILES string of the molecule is C#CCNC(=O)CN(Cc1ccc2c(c1)OCO2)C1CCCC(C)C1C. The summed E-state index contributed by atoms with van der Waals surface area (Å²) >= 11 is 0. The van der Waals surface area contributed by atoms with Crippen LogP contribution in [-0.2, 0) is 11.3 Å². The fraction of sp³-hybridized carbons (Fsp3) is 0.571. The maximum Gasteiger partial charge on any atom is 0.234 e. The molecule has 3 rings (SSSR count). The zero-order valence-corrected chi connectivity index (χ0v) is 15.7. The number of nitrogens with zero attached hydrogens (tertiary/aromatic N) is 1. The second-order valence-corrected chi connectivity index (χ2v) is 7.41. The average molecular weight is 356 g/mol. The Morgan fingerprint density at radius 2 is 2.12 bits per heavy atom. The van der Waals surface area contributed by atoms with Gasteiger partial charge < -0.3 is 14.8 Å². The van der Waals surface area contributed by atoms with E-state index in [0.29, 0.717) is 31.0 Å². The molecule has 0 radical (unpaired) electrons. The Morgan fingerprint density at radius 3 is 2.92 bits per heavy atom. The summed E-state index contributed by atoms with van der Waals surface area (Å²) in [6, 6.07) is 6.41. The van der Waals surface area contributed by atoms with E-state index >= 15 is 0 Å². The molecule has 1 N–H and O–H groups in total. The quantitative estimate of drug-likeness (QED) is 0.797. The van der Waals surface area contributed by atoms with E-state index in [-0.39, 0.29) is 19.2 Å². The summed E-state index contributed by atoms with van der Waals surface area (Å²) < 4.78 is 10.9. The van der Waals surface area contributed by atoms with Gasteiger partial charge in [-0.1, -0.05) is 38.7 Å². The lowest BCUT2D eigenvalue weighted by Crippen LogP contribution is -2.48. The first-order valence-corrected chi connectivity index (χ1v) is 9.41. The van der Waals surface area contributed by atoms with E-state index in [2.05, 4.69) is 36.1 Å². The van der Waals surface area contributed by atoms with E-state index in [0.717, 1.165) is 23.5 Å². The summed E-state index contributed by atoms with van der Waals surface area (Å²) in [5, 5.41) is 2.79. The van der Waals surface area contributed by atoms with Crippen molar-refractivity contribution in [3.05, 3.63) is 23.8 Å². The van der Waals surface area contributed by atoms with Gasteiger partial charge in [0.2, 0.25) is 12.7 Å². The highest BCUT2D eigenvalue weighted by Gasteiger charge is 2.32. The fourth-order valence-electron chi connectivity index (χ4n) is 4.02. The second kappa shape index (κ2) is 8.46. The van der Waals surface area contributed by atoms with Gasteiger partial charge in [0.25, 0.3) is 0 Å². The first-order chi connectivity index (χ1) is 12.6. The summed E-state index contributed by atoms with van der Waals surface area (Å²) in [7, 11) is 0. The smallest absolute Gasteiger partial charge is 0.234 e. The maximum atomic E-state index is 12.3. The molecule has 1 amide bonds. The number of carbonyl (C=O) groups is 1. The van der Waals surface area contributed by atoms with Gasteiger partial charge in [0, 0.05) is 12.6 Å². The predicted molar refractivity (Wildman–Crippen MR) is 101 cm³/mol. The Labute approximate surface area is 156 Å². The molecular formula is C21H28N2O3. The van der Waals surface area contributed by atoms with Crippen LogP contribution in [0.2, 0.25) is 0 Å². The second-order valence-electron chi connectivity index (χ2n) is 7.41. The molecule has 1 fully saturated rings. The molecule has 1 aromatic carbocycles. The molecule has 1 saturated carbocycles. The van der Waals surface area contributed by atoms with Gasteiger partial charge in [-0.05, 0) is 36.0 Å². The number of rotatable bonds is 6. The summed E-state index contributed by atoms with van der Waals surface area (Å²) in [5.41, 5.74) is 1.13. The first kappa shape index (κ1) is 18.6. The van der Waals surface area contributed by atoms with Crippen molar-refractivity contribution in [2.24, 2.45) is 11.8 Å². The number of nitrogens with one attached hydrogen (secondary N) is 1. The molecule has 2 aliphatic rings. The van der Waals surface area contributed by atoms with Crippen LogP contribution in [0.1, 0.15) is 38.7 Å². The Hall–Kier alpha value is -2.19. The molecule has 140 valence electrons. The van der Waals surface area contributed by atoms with Gasteiger partial charge in [0.05, 0.1) is 13.1 Å². The molecule has 26 heavy (non-hydrogen) atoms. The van der Waals surface area contributed by atoms with Crippen molar-refractivity contribution < 1.29 is 14.3 Å². The third-order valence-corrected chi connectivity index (χ3v) is 5.69. The molecule has 0 bridgehead atoms. The summed E-state index contributed by atoms with van der Waals surface area (Å²) in [4.78, 5) is 14.6. The standard InChI is InChI=1S/C21H28N2O3/c1-4-10-22-21(24)13-23(18-7-5-6-15(2)16(18)3)12-17-8-9-19-20(11-17)26-14-25-19/h1,8-9,11,15-16,18H,5-7,10,12-14H2,2-3H3,(H,22,24). The number of amides is 1. The molecule has 3 unspecified atom stereocenters. The topological polar surface area (TPSA) is 50.8 Å². The minimum atomic E-state index is -0.0193. The van der Waals surface area contributed by atoms with Gasteiger partial charge in [0.15, 0.2) is 11.5 Å². The molecule has 1 heterocycles. The van der Waals surface area contributed by atoms with Crippen LogP contribution in [0, 0.1) is 24.2 Å². The lowest BCUT2D eigenvalue weighted by molar-refractivity contribution is -0.123. The summed E-state index contributed by atoms with van der Waals surface area (Å²) in [6.45, 7) is 6.23. The molecular weight excluding hydrogens is 328 g/mol. The van der Waals surface area contributed by atoms with Crippen molar-refractivity contribution in [1.29, 1.82) is 0 Å². The normalized spacial score (nSPS) is 24.3. The van der Waals surface area contributed by atoms with E-state index in [9.17, 15) is 4.79 Å². The third-order valence-electron chi connectivity index (χ3n) is 5.69. The first-order valence-electron chi connectivity index (χ1n) is 9.41. The van der Waals surface area contributed by atoms with Gasteiger partial charge in [0.1, 0.15) is 0 Å². The van der Waals surface area contributed by atoms with Crippen molar-refractivity contribution in [1.82, 2.24) is 10.2 Å². The number of hydrogen-bond donors (Lipinski definition) is 1. The largest absolute Gasteiger partial charge is 0.454 e. The zero-order chi connectivity index (χ0) is 18.5. The van der Waals surface area contributed by atoms with Crippen molar-refractivity contribution in [3.63, 3.8) is 0 Å². The Morgan fingerprint density at radius 1 is 1.31 bits per heavy atom. The molecule has 1 aliphatic heterocycles. The Kier molecular flexibility index (Phi) is 6.05. The van der Waals surface area contributed by atoms with E-state index in [1.54, 1.807) is 0 Å². The number of carbonyl (C=O) groups excluding carboxylic acids is 1. The lowest BCUT2D eigenvalue weighted by Gasteiger charge is -2.41. The highest BCUT2D eigenvalue weighted by atomic mass is 16.7. The highest BCUT2D eigenvalue weighted by molar-refractivity contribution is 5.78. The van der Waals surface area contributed by atoms with Crippen LogP contribution in [0.15, 0.2) is 18.2 Å². The predicted octanol–water partition coefficient (Wildman–Crippen LogP) is 2.79. The lowest BCUT2D eigenvalue weighted by atomic mass is 9.77. The van der Waals surface area contributed by atoms with Crippen LogP contribution in [0.25, 0.3) is 0 Å². The summed E-state index contributed by atoms with van der Waals surface area (Å²) in [6.07, 6.45) is 8.86. The number of hydrogen-bond acceptors (Lipinski definition) is 4. The van der Waals surface area contributed by atoms with Crippen molar-refractivity contribution in [2.75, 3.05) is 19.9 Å². The monoisotopic (exact) mass is 356 g/mol. The summed E-state index contributed by atoms with van der Waals surface area (Å²) in [5.74, 6) is 5.23. The van der Waals surface area contributed by atoms with Crippen molar-refractivity contribution >= 4 is 5.91 Å². The minimum Gasteiger partial charge on any atom is -0.454 e. The van der Waals surface area contributed by atoms with Crippen LogP contribution in [-0.4, -0.2) is 36.7 Å². The third kappa shape index (κ3) is 4.31. The molecule has 5 heteroatoms. The van der Waals surface area contributed by atoms with Crippen LogP contribution >= 0.6 is 0 Å².